The normalized spacial score (nSPS) is 13.5. The van der Waals surface area contributed by atoms with E-state index in [0.717, 1.165) is 5.69 Å². The van der Waals surface area contributed by atoms with Crippen LogP contribution in [0.4, 0.5) is 13.2 Å². The molecule has 0 saturated carbocycles. The maximum absolute atomic E-state index is 12.4. The van der Waals surface area contributed by atoms with Crippen LogP contribution in [0.25, 0.3) is 5.69 Å². The summed E-state index contributed by atoms with van der Waals surface area (Å²) in [6.45, 7) is -0.0239. The SMILES string of the molecule is NCC(CC(F)(F)F)c1ccc(-n2ccnc2)cc1. The van der Waals surface area contributed by atoms with Gasteiger partial charge in [0.25, 0.3) is 0 Å². The summed E-state index contributed by atoms with van der Waals surface area (Å²) < 4.78 is 39.0. The monoisotopic (exact) mass is 269 g/mol. The van der Waals surface area contributed by atoms with Crippen molar-refractivity contribution in [1.29, 1.82) is 0 Å². The molecule has 0 aliphatic carbocycles. The van der Waals surface area contributed by atoms with Crippen LogP contribution in [0.3, 0.4) is 0 Å². The number of imidazole rings is 1. The number of hydrogen-bond acceptors (Lipinski definition) is 2. The van der Waals surface area contributed by atoms with E-state index in [9.17, 15) is 13.2 Å². The number of benzene rings is 1. The van der Waals surface area contributed by atoms with Gasteiger partial charge in [-0.2, -0.15) is 13.2 Å². The lowest BCUT2D eigenvalue weighted by Crippen LogP contribution is -2.20. The second kappa shape index (κ2) is 5.44. The van der Waals surface area contributed by atoms with Crippen molar-refractivity contribution in [3.05, 3.63) is 48.5 Å². The van der Waals surface area contributed by atoms with E-state index in [1.54, 1.807) is 47.6 Å². The molecule has 0 saturated heterocycles. The van der Waals surface area contributed by atoms with Crippen molar-refractivity contribution in [3.63, 3.8) is 0 Å². The molecule has 0 radical (unpaired) electrons. The van der Waals surface area contributed by atoms with Gasteiger partial charge in [-0.05, 0) is 24.2 Å². The van der Waals surface area contributed by atoms with E-state index in [1.165, 1.54) is 0 Å². The maximum Gasteiger partial charge on any atom is 0.389 e. The minimum Gasteiger partial charge on any atom is -0.330 e. The van der Waals surface area contributed by atoms with Gasteiger partial charge in [-0.15, -0.1) is 0 Å². The highest BCUT2D eigenvalue weighted by Crippen LogP contribution is 2.30. The van der Waals surface area contributed by atoms with E-state index in [4.69, 9.17) is 5.73 Å². The van der Waals surface area contributed by atoms with Crippen molar-refractivity contribution in [1.82, 2.24) is 9.55 Å². The molecule has 3 nitrogen and oxygen atoms in total. The third-order valence-electron chi connectivity index (χ3n) is 2.93. The molecule has 19 heavy (non-hydrogen) atoms. The second-order valence-electron chi connectivity index (χ2n) is 4.31. The van der Waals surface area contributed by atoms with Crippen LogP contribution in [-0.2, 0) is 0 Å². The predicted molar refractivity (Wildman–Crippen MR) is 66.0 cm³/mol. The summed E-state index contributed by atoms with van der Waals surface area (Å²) in [4.78, 5) is 3.91. The molecule has 102 valence electrons. The molecule has 1 atom stereocenters. The number of nitrogens with zero attached hydrogens (tertiary/aromatic N) is 2. The summed E-state index contributed by atoms with van der Waals surface area (Å²) in [5.41, 5.74) is 6.88. The second-order valence-corrected chi connectivity index (χ2v) is 4.31. The third-order valence-corrected chi connectivity index (χ3v) is 2.93. The average molecular weight is 269 g/mol. The fourth-order valence-corrected chi connectivity index (χ4v) is 1.95. The molecule has 1 aromatic heterocycles. The van der Waals surface area contributed by atoms with Crippen molar-refractivity contribution in [2.24, 2.45) is 5.73 Å². The lowest BCUT2D eigenvalue weighted by molar-refractivity contribution is -0.138. The zero-order chi connectivity index (χ0) is 13.9. The molecule has 1 unspecified atom stereocenters. The standard InChI is InChI=1S/C13H14F3N3/c14-13(15,16)7-11(8-17)10-1-3-12(4-2-10)19-6-5-18-9-19/h1-6,9,11H,7-8,17H2. The summed E-state index contributed by atoms with van der Waals surface area (Å²) in [7, 11) is 0. The van der Waals surface area contributed by atoms with Gasteiger partial charge in [-0.3, -0.25) is 0 Å². The van der Waals surface area contributed by atoms with Crippen molar-refractivity contribution in [3.8, 4) is 5.69 Å². The molecule has 2 rings (SSSR count). The smallest absolute Gasteiger partial charge is 0.330 e. The van der Waals surface area contributed by atoms with Gasteiger partial charge >= 0.3 is 6.18 Å². The fourth-order valence-electron chi connectivity index (χ4n) is 1.95. The van der Waals surface area contributed by atoms with Crippen molar-refractivity contribution in [2.75, 3.05) is 6.54 Å². The summed E-state index contributed by atoms with van der Waals surface area (Å²) in [5, 5.41) is 0. The van der Waals surface area contributed by atoms with Crippen LogP contribution in [0, 0.1) is 0 Å². The predicted octanol–water partition coefficient (Wildman–Crippen LogP) is 2.87. The largest absolute Gasteiger partial charge is 0.389 e. The first-order valence-electron chi connectivity index (χ1n) is 5.85. The van der Waals surface area contributed by atoms with Gasteiger partial charge in [0.15, 0.2) is 0 Å². The lowest BCUT2D eigenvalue weighted by Gasteiger charge is -2.17. The van der Waals surface area contributed by atoms with Gasteiger partial charge in [-0.1, -0.05) is 12.1 Å². The van der Waals surface area contributed by atoms with Gasteiger partial charge < -0.3 is 10.3 Å². The van der Waals surface area contributed by atoms with Gasteiger partial charge in [-0.25, -0.2) is 4.98 Å². The van der Waals surface area contributed by atoms with Crippen LogP contribution in [0.2, 0.25) is 0 Å². The highest BCUT2D eigenvalue weighted by atomic mass is 19.4. The van der Waals surface area contributed by atoms with Crippen LogP contribution in [0.1, 0.15) is 17.9 Å². The minimum absolute atomic E-state index is 0.0239. The summed E-state index contributed by atoms with van der Waals surface area (Å²) in [6, 6.07) is 6.88. The Morgan fingerprint density at radius 1 is 1.21 bits per heavy atom. The Morgan fingerprint density at radius 3 is 2.37 bits per heavy atom. The molecule has 1 heterocycles. The van der Waals surface area contributed by atoms with Crippen LogP contribution < -0.4 is 5.73 Å². The van der Waals surface area contributed by atoms with E-state index in [0.29, 0.717) is 5.56 Å². The molecule has 6 heteroatoms. The number of aromatic nitrogens is 2. The third kappa shape index (κ3) is 3.57. The summed E-state index contributed by atoms with van der Waals surface area (Å²) in [6.07, 6.45) is -0.0580. The molecular weight excluding hydrogens is 255 g/mol. The first-order chi connectivity index (χ1) is 8.99. The van der Waals surface area contributed by atoms with Crippen LogP contribution >= 0.6 is 0 Å². The lowest BCUT2D eigenvalue weighted by atomic mass is 9.95. The van der Waals surface area contributed by atoms with Crippen LogP contribution in [0.15, 0.2) is 43.0 Å². The number of rotatable bonds is 4. The van der Waals surface area contributed by atoms with Gasteiger partial charge in [0.05, 0.1) is 12.7 Å². The molecule has 0 aliphatic heterocycles. The summed E-state index contributed by atoms with van der Waals surface area (Å²) in [5.74, 6) is -0.697. The van der Waals surface area contributed by atoms with Crippen LogP contribution in [0.5, 0.6) is 0 Å². The first kappa shape index (κ1) is 13.6. The molecule has 0 bridgehead atoms. The van der Waals surface area contributed by atoms with Gasteiger partial charge in [0, 0.05) is 24.0 Å². The number of hydrogen-bond donors (Lipinski definition) is 1. The Hall–Kier alpha value is -1.82. The molecule has 0 amide bonds. The molecule has 1 aromatic carbocycles. The Balaban J connectivity index is 2.17. The first-order valence-corrected chi connectivity index (χ1v) is 5.85. The molecule has 0 aliphatic rings. The molecule has 0 spiro atoms. The quantitative estimate of drug-likeness (QED) is 0.927. The van der Waals surface area contributed by atoms with E-state index in [2.05, 4.69) is 4.98 Å². The number of halogens is 3. The van der Waals surface area contributed by atoms with Crippen molar-refractivity contribution >= 4 is 0 Å². The molecule has 2 aromatic rings. The molecule has 0 fully saturated rings. The average Bonchev–Trinajstić information content (AvgIpc) is 2.89. The topological polar surface area (TPSA) is 43.8 Å². The van der Waals surface area contributed by atoms with Crippen LogP contribution in [-0.4, -0.2) is 22.3 Å². The zero-order valence-electron chi connectivity index (χ0n) is 10.1. The van der Waals surface area contributed by atoms with Crippen molar-refractivity contribution < 1.29 is 13.2 Å². The van der Waals surface area contributed by atoms with E-state index < -0.39 is 18.5 Å². The highest BCUT2D eigenvalue weighted by molar-refractivity contribution is 5.36. The number of alkyl halides is 3. The van der Waals surface area contributed by atoms with Crippen molar-refractivity contribution in [2.45, 2.75) is 18.5 Å². The van der Waals surface area contributed by atoms with E-state index in [1.807, 2.05) is 0 Å². The van der Waals surface area contributed by atoms with Gasteiger partial charge in [0.2, 0.25) is 0 Å². The fraction of sp³-hybridized carbons (Fsp3) is 0.308. The minimum atomic E-state index is -4.20. The summed E-state index contributed by atoms with van der Waals surface area (Å²) >= 11 is 0. The highest BCUT2D eigenvalue weighted by Gasteiger charge is 2.31. The van der Waals surface area contributed by atoms with E-state index in [-0.39, 0.29) is 6.54 Å². The Bertz CT molecular complexity index is 503. The molecule has 2 N–H and O–H groups in total. The maximum atomic E-state index is 12.4. The Morgan fingerprint density at radius 2 is 1.89 bits per heavy atom. The van der Waals surface area contributed by atoms with E-state index >= 15 is 0 Å². The Labute approximate surface area is 108 Å². The molecular formula is C13H14F3N3. The number of nitrogens with two attached hydrogens (primary N) is 1. The van der Waals surface area contributed by atoms with Gasteiger partial charge in [0.1, 0.15) is 0 Å². The Kier molecular flexibility index (Phi) is 3.90. The zero-order valence-corrected chi connectivity index (χ0v) is 10.1.